The predicted octanol–water partition coefficient (Wildman–Crippen LogP) is 20.1. The van der Waals surface area contributed by atoms with E-state index in [1.807, 2.05) is 33.3 Å². The predicted molar refractivity (Wildman–Crippen MR) is 328 cm³/mol. The van der Waals surface area contributed by atoms with Crippen LogP contribution in [0.2, 0.25) is 0 Å². The Bertz CT molecular complexity index is 1440. The Morgan fingerprint density at radius 2 is 0.803 bits per heavy atom. The summed E-state index contributed by atoms with van der Waals surface area (Å²) in [7, 11) is 1.50. The molecule has 10 heteroatoms. The summed E-state index contributed by atoms with van der Waals surface area (Å²) in [5.41, 5.74) is 0. The number of rotatable bonds is 59. The average Bonchev–Trinajstić information content (AvgIpc) is 3.38. The van der Waals surface area contributed by atoms with Gasteiger partial charge in [-0.25, -0.2) is 4.57 Å². The first-order valence-corrected chi connectivity index (χ1v) is 34.0. The summed E-state index contributed by atoms with van der Waals surface area (Å²) in [6.45, 7) is 7.01. The maximum Gasteiger partial charge on any atom is 0.472 e. The monoisotopic (exact) mass is 1090 g/mol. The third kappa shape index (κ3) is 56.7. The molecule has 0 aliphatic rings. The van der Waals surface area contributed by atoms with Crippen molar-refractivity contribution in [2.45, 2.75) is 322 Å². The molecule has 0 saturated heterocycles. The van der Waals surface area contributed by atoms with E-state index in [2.05, 4.69) is 62.5 Å². The Morgan fingerprint density at radius 1 is 0.461 bits per heavy atom. The number of phosphoric ester groups is 1. The second kappa shape index (κ2) is 56.3. The summed E-state index contributed by atoms with van der Waals surface area (Å²) in [5, 5.41) is 3.06. The molecule has 0 aromatic carbocycles. The highest BCUT2D eigenvalue weighted by Gasteiger charge is 2.30. The van der Waals surface area contributed by atoms with Crippen LogP contribution in [0.4, 0.5) is 0 Å². The van der Waals surface area contributed by atoms with Gasteiger partial charge in [-0.1, -0.05) is 275 Å². The minimum absolute atomic E-state index is 0.0411. The van der Waals surface area contributed by atoms with Crippen molar-refractivity contribution in [1.82, 2.24) is 5.32 Å². The molecule has 446 valence electrons. The van der Waals surface area contributed by atoms with Crippen LogP contribution >= 0.6 is 7.82 Å². The number of carbonyl (C=O) groups excluding carboxylic acids is 2. The second-order valence-electron chi connectivity index (χ2n) is 23.3. The molecule has 0 aromatic rings. The lowest BCUT2D eigenvalue weighted by Gasteiger charge is -2.27. The number of ether oxygens (including phenoxy) is 1. The van der Waals surface area contributed by atoms with Crippen LogP contribution < -0.4 is 5.32 Å². The lowest BCUT2D eigenvalue weighted by atomic mass is 10.0. The standard InChI is InChI=1S/C66H125N2O7P/c1-7-10-13-16-19-22-25-27-29-31-32-33-34-35-36-37-39-41-44-47-50-53-56-59-66(70)75-64(57-54-51-48-45-42-24-21-18-15-12-9-3)63(62-74-76(71,72)73-61-60-68(4,5)6)67-65(69)58-55-52-49-46-43-40-38-30-28-26-23-20-17-14-11-8-2/h19,22,27,29,32-33,54,57,63-64H,7-18,20-21,23-26,28,30-31,34-53,55-56,58-62H2,1-6H3,(H-,67,69,71,72)/p+1/b22-19-,29-27-,33-32-,57-54+. The molecule has 3 unspecified atom stereocenters. The molecule has 0 fully saturated rings. The molecule has 0 heterocycles. The number of carbonyl (C=O) groups is 2. The van der Waals surface area contributed by atoms with Gasteiger partial charge in [0.2, 0.25) is 5.91 Å². The van der Waals surface area contributed by atoms with E-state index in [1.54, 1.807) is 0 Å². The highest BCUT2D eigenvalue weighted by molar-refractivity contribution is 7.47. The largest absolute Gasteiger partial charge is 0.472 e. The van der Waals surface area contributed by atoms with Crippen molar-refractivity contribution < 1.29 is 37.3 Å². The Balaban J connectivity index is 5.12. The number of hydrogen-bond donors (Lipinski definition) is 2. The van der Waals surface area contributed by atoms with Crippen LogP contribution in [0.3, 0.4) is 0 Å². The van der Waals surface area contributed by atoms with Crippen molar-refractivity contribution in [3.05, 3.63) is 48.6 Å². The molecular weight excluding hydrogens is 964 g/mol. The van der Waals surface area contributed by atoms with Crippen molar-refractivity contribution in [3.63, 3.8) is 0 Å². The molecule has 0 aliphatic carbocycles. The zero-order chi connectivity index (χ0) is 55.7. The summed E-state index contributed by atoms with van der Waals surface area (Å²) < 4.78 is 30.7. The average molecular weight is 1090 g/mol. The smallest absolute Gasteiger partial charge is 0.456 e. The molecule has 0 aliphatic heterocycles. The molecule has 9 nitrogen and oxygen atoms in total. The third-order valence-corrected chi connectivity index (χ3v) is 15.5. The Morgan fingerprint density at radius 3 is 1.22 bits per heavy atom. The van der Waals surface area contributed by atoms with E-state index in [4.69, 9.17) is 13.8 Å². The maximum absolute atomic E-state index is 13.5. The Kier molecular flexibility index (Phi) is 54.7. The lowest BCUT2D eigenvalue weighted by molar-refractivity contribution is -0.870. The number of esters is 1. The second-order valence-corrected chi connectivity index (χ2v) is 24.7. The molecule has 0 saturated carbocycles. The summed E-state index contributed by atoms with van der Waals surface area (Å²) >= 11 is 0. The van der Waals surface area contributed by atoms with E-state index in [1.165, 1.54) is 205 Å². The zero-order valence-electron chi connectivity index (χ0n) is 51.0. The molecule has 1 amide bonds. The van der Waals surface area contributed by atoms with E-state index in [-0.39, 0.29) is 31.5 Å². The molecule has 76 heavy (non-hydrogen) atoms. The van der Waals surface area contributed by atoms with Gasteiger partial charge in [0.05, 0.1) is 33.8 Å². The van der Waals surface area contributed by atoms with Crippen LogP contribution in [0.15, 0.2) is 48.6 Å². The lowest BCUT2D eigenvalue weighted by Crippen LogP contribution is -2.47. The number of amides is 1. The van der Waals surface area contributed by atoms with Gasteiger partial charge in [-0.3, -0.25) is 18.6 Å². The molecular formula is C66H126N2O7P+. The fraction of sp³-hybridized carbons (Fsp3) is 0.848. The van der Waals surface area contributed by atoms with Gasteiger partial charge in [0.25, 0.3) is 0 Å². The van der Waals surface area contributed by atoms with E-state index >= 15 is 0 Å². The van der Waals surface area contributed by atoms with E-state index in [0.717, 1.165) is 70.6 Å². The molecule has 2 N–H and O–H groups in total. The Labute approximate surface area is 471 Å². The summed E-state index contributed by atoms with van der Waals surface area (Å²) in [4.78, 5) is 37.7. The number of phosphoric acid groups is 1. The van der Waals surface area contributed by atoms with E-state index < -0.39 is 20.0 Å². The minimum Gasteiger partial charge on any atom is -0.456 e. The van der Waals surface area contributed by atoms with Gasteiger partial charge in [0.15, 0.2) is 0 Å². The van der Waals surface area contributed by atoms with E-state index in [9.17, 15) is 19.0 Å². The number of allylic oxidation sites excluding steroid dienone is 7. The van der Waals surface area contributed by atoms with Gasteiger partial charge in [-0.2, -0.15) is 0 Å². The van der Waals surface area contributed by atoms with Gasteiger partial charge >= 0.3 is 13.8 Å². The minimum atomic E-state index is -4.45. The first kappa shape index (κ1) is 74.0. The highest BCUT2D eigenvalue weighted by Crippen LogP contribution is 2.43. The van der Waals surface area contributed by atoms with Crippen LogP contribution in [-0.2, 0) is 27.9 Å². The highest BCUT2D eigenvalue weighted by atomic mass is 31.2. The van der Waals surface area contributed by atoms with Crippen molar-refractivity contribution >= 4 is 19.7 Å². The first-order valence-electron chi connectivity index (χ1n) is 32.5. The van der Waals surface area contributed by atoms with Gasteiger partial charge in [0, 0.05) is 12.8 Å². The van der Waals surface area contributed by atoms with Gasteiger partial charge < -0.3 is 19.4 Å². The van der Waals surface area contributed by atoms with Crippen molar-refractivity contribution in [2.24, 2.45) is 0 Å². The molecule has 3 atom stereocenters. The zero-order valence-corrected chi connectivity index (χ0v) is 51.9. The number of nitrogens with zero attached hydrogens (tertiary/aromatic N) is 1. The number of quaternary nitrogens is 1. The van der Waals surface area contributed by atoms with Crippen molar-refractivity contribution in [2.75, 3.05) is 40.9 Å². The normalized spacial score (nSPS) is 13.9. The molecule has 0 bridgehead atoms. The van der Waals surface area contributed by atoms with Crippen molar-refractivity contribution in [3.8, 4) is 0 Å². The number of hydrogen-bond acceptors (Lipinski definition) is 6. The summed E-state index contributed by atoms with van der Waals surface area (Å²) in [5.74, 6) is -0.498. The SMILES string of the molecule is CCCCC/C=C\C/C=C\C/C=C\CCCCCCCCCCCCC(=O)OC(/C=C/CCCCCCCCCCC)C(COP(=O)(O)OCC[N+](C)(C)C)NC(=O)CCCCCCCCCCCCCCCCCC. The molecule has 0 radical (unpaired) electrons. The van der Waals surface area contributed by atoms with E-state index in [0.29, 0.717) is 17.4 Å². The van der Waals surface area contributed by atoms with Crippen LogP contribution in [0.1, 0.15) is 310 Å². The molecule has 0 rings (SSSR count). The fourth-order valence-electron chi connectivity index (χ4n) is 9.48. The van der Waals surface area contributed by atoms with Crippen LogP contribution in [0, 0.1) is 0 Å². The number of unbranched alkanes of at least 4 members (excludes halogenated alkanes) is 37. The maximum atomic E-state index is 13.5. The summed E-state index contributed by atoms with van der Waals surface area (Å²) in [6.07, 6.45) is 69.6. The molecule has 0 spiro atoms. The van der Waals surface area contributed by atoms with Crippen molar-refractivity contribution in [1.29, 1.82) is 0 Å². The van der Waals surface area contributed by atoms with Crippen LogP contribution in [0.25, 0.3) is 0 Å². The quantitative estimate of drug-likeness (QED) is 0.0205. The number of nitrogens with one attached hydrogen (secondary N) is 1. The van der Waals surface area contributed by atoms with Gasteiger partial charge in [0.1, 0.15) is 19.3 Å². The van der Waals surface area contributed by atoms with Crippen LogP contribution in [-0.4, -0.2) is 74.3 Å². The fourth-order valence-corrected chi connectivity index (χ4v) is 10.2. The number of likely N-dealkylation sites (N-methyl/N-ethyl adjacent to an activating group) is 1. The summed E-state index contributed by atoms with van der Waals surface area (Å²) in [6, 6.07) is -0.847. The first-order chi connectivity index (χ1) is 36.9. The van der Waals surface area contributed by atoms with Crippen LogP contribution in [0.5, 0.6) is 0 Å². The van der Waals surface area contributed by atoms with Gasteiger partial charge in [-0.05, 0) is 70.3 Å². The van der Waals surface area contributed by atoms with Gasteiger partial charge in [-0.15, -0.1) is 0 Å². The topological polar surface area (TPSA) is 111 Å². The third-order valence-electron chi connectivity index (χ3n) is 14.5. The Hall–Kier alpha value is -2.03. The molecule has 0 aromatic heterocycles.